The van der Waals surface area contributed by atoms with Crippen molar-refractivity contribution < 1.29 is 4.74 Å². The van der Waals surface area contributed by atoms with Gasteiger partial charge in [-0.15, -0.1) is 0 Å². The van der Waals surface area contributed by atoms with E-state index in [1.165, 1.54) is 44.9 Å². The van der Waals surface area contributed by atoms with Crippen LogP contribution in [0.15, 0.2) is 12.2 Å². The minimum Gasteiger partial charge on any atom is -0.381 e. The van der Waals surface area contributed by atoms with E-state index in [0.717, 1.165) is 6.61 Å². The number of hydrogen-bond acceptors (Lipinski definition) is 1. The van der Waals surface area contributed by atoms with Crippen molar-refractivity contribution in [2.75, 3.05) is 13.7 Å². The molecule has 0 amide bonds. The van der Waals surface area contributed by atoms with Gasteiger partial charge in [0.2, 0.25) is 0 Å². The summed E-state index contributed by atoms with van der Waals surface area (Å²) in [6.45, 7) is 3.02. The highest BCUT2D eigenvalue weighted by Crippen LogP contribution is 2.06. The molecule has 0 aromatic rings. The Labute approximate surface area is 83.2 Å². The van der Waals surface area contributed by atoms with Crippen LogP contribution in [-0.2, 0) is 4.74 Å². The van der Waals surface area contributed by atoms with Gasteiger partial charge in [-0.1, -0.05) is 51.2 Å². The first-order valence-corrected chi connectivity index (χ1v) is 5.55. The standard InChI is InChI=1S/C12H24O/c1-3-4-5-6-7-8-9-10-11-12-13-2/h10-11H,3-9,12H2,1-2H3/b11-10+. The molecular formula is C12H24O. The molecule has 0 saturated carbocycles. The Morgan fingerprint density at radius 3 is 2.31 bits per heavy atom. The van der Waals surface area contributed by atoms with Crippen molar-refractivity contribution in [2.24, 2.45) is 0 Å². The lowest BCUT2D eigenvalue weighted by molar-refractivity contribution is 0.233. The molecule has 0 radical (unpaired) electrons. The normalized spacial score (nSPS) is 11.2. The van der Waals surface area contributed by atoms with E-state index < -0.39 is 0 Å². The van der Waals surface area contributed by atoms with Crippen LogP contribution in [0.3, 0.4) is 0 Å². The predicted octanol–water partition coefficient (Wildman–Crippen LogP) is 3.94. The zero-order chi connectivity index (χ0) is 9.78. The Hall–Kier alpha value is -0.300. The third-order valence-electron chi connectivity index (χ3n) is 2.15. The first-order valence-electron chi connectivity index (χ1n) is 5.55. The second kappa shape index (κ2) is 11.7. The molecular weight excluding hydrogens is 160 g/mol. The van der Waals surface area contributed by atoms with Gasteiger partial charge in [-0.2, -0.15) is 0 Å². The molecule has 0 aliphatic rings. The van der Waals surface area contributed by atoms with Gasteiger partial charge in [0.25, 0.3) is 0 Å². The van der Waals surface area contributed by atoms with E-state index in [2.05, 4.69) is 19.1 Å². The Morgan fingerprint density at radius 2 is 1.62 bits per heavy atom. The summed E-state index contributed by atoms with van der Waals surface area (Å²) in [5.74, 6) is 0. The fourth-order valence-electron chi connectivity index (χ4n) is 1.32. The largest absolute Gasteiger partial charge is 0.381 e. The van der Waals surface area contributed by atoms with Crippen LogP contribution in [0, 0.1) is 0 Å². The van der Waals surface area contributed by atoms with E-state index in [1.54, 1.807) is 7.11 Å². The second-order valence-corrected chi connectivity index (χ2v) is 3.48. The molecule has 0 atom stereocenters. The summed E-state index contributed by atoms with van der Waals surface area (Å²) in [5.41, 5.74) is 0. The Morgan fingerprint density at radius 1 is 0.923 bits per heavy atom. The van der Waals surface area contributed by atoms with Crippen molar-refractivity contribution >= 4 is 0 Å². The molecule has 1 heteroatoms. The number of rotatable bonds is 9. The van der Waals surface area contributed by atoms with Crippen LogP contribution in [0.5, 0.6) is 0 Å². The van der Waals surface area contributed by atoms with Crippen molar-refractivity contribution in [3.8, 4) is 0 Å². The Bertz CT molecular complexity index is 108. The van der Waals surface area contributed by atoms with E-state index in [1.807, 2.05) is 0 Å². The number of ether oxygens (including phenoxy) is 1. The summed E-state index contributed by atoms with van der Waals surface area (Å²) in [4.78, 5) is 0. The lowest BCUT2D eigenvalue weighted by Gasteiger charge is -1.97. The summed E-state index contributed by atoms with van der Waals surface area (Å²) in [6.07, 6.45) is 13.8. The third-order valence-corrected chi connectivity index (χ3v) is 2.15. The molecule has 0 rings (SSSR count). The molecule has 0 heterocycles. The SMILES string of the molecule is CCCCCCCC/C=C/COC. The lowest BCUT2D eigenvalue weighted by Crippen LogP contribution is -1.81. The lowest BCUT2D eigenvalue weighted by atomic mass is 10.1. The molecule has 0 spiro atoms. The topological polar surface area (TPSA) is 9.23 Å². The van der Waals surface area contributed by atoms with Crippen LogP contribution < -0.4 is 0 Å². The number of hydrogen-bond donors (Lipinski definition) is 0. The minimum absolute atomic E-state index is 0.760. The van der Waals surface area contributed by atoms with Gasteiger partial charge < -0.3 is 4.74 Å². The fourth-order valence-corrected chi connectivity index (χ4v) is 1.32. The highest BCUT2D eigenvalue weighted by molar-refractivity contribution is 4.80. The van der Waals surface area contributed by atoms with E-state index in [9.17, 15) is 0 Å². The Kier molecular flexibility index (Phi) is 11.4. The van der Waals surface area contributed by atoms with Crippen molar-refractivity contribution in [3.05, 3.63) is 12.2 Å². The Balaban J connectivity index is 2.91. The molecule has 0 aromatic carbocycles. The van der Waals surface area contributed by atoms with Gasteiger partial charge in [-0.05, 0) is 12.8 Å². The molecule has 0 aromatic heterocycles. The van der Waals surface area contributed by atoms with E-state index >= 15 is 0 Å². The molecule has 1 nitrogen and oxygen atoms in total. The molecule has 78 valence electrons. The number of methoxy groups -OCH3 is 1. The van der Waals surface area contributed by atoms with Gasteiger partial charge in [0.15, 0.2) is 0 Å². The monoisotopic (exact) mass is 184 g/mol. The van der Waals surface area contributed by atoms with Crippen LogP contribution in [0.25, 0.3) is 0 Å². The van der Waals surface area contributed by atoms with Gasteiger partial charge in [-0.3, -0.25) is 0 Å². The van der Waals surface area contributed by atoms with Crippen LogP contribution in [0.1, 0.15) is 51.9 Å². The maximum absolute atomic E-state index is 4.91. The van der Waals surface area contributed by atoms with Crippen LogP contribution >= 0.6 is 0 Å². The average Bonchev–Trinajstić information content (AvgIpc) is 2.16. The van der Waals surface area contributed by atoms with Gasteiger partial charge in [0.05, 0.1) is 6.61 Å². The maximum atomic E-state index is 4.91. The van der Waals surface area contributed by atoms with E-state index in [0.29, 0.717) is 0 Å². The minimum atomic E-state index is 0.760. The molecule has 0 saturated heterocycles. The molecule has 0 N–H and O–H groups in total. The molecule has 0 fully saturated rings. The average molecular weight is 184 g/mol. The summed E-state index contributed by atoms with van der Waals surface area (Å²) < 4.78 is 4.91. The van der Waals surface area contributed by atoms with Gasteiger partial charge >= 0.3 is 0 Å². The summed E-state index contributed by atoms with van der Waals surface area (Å²) >= 11 is 0. The number of allylic oxidation sites excluding steroid dienone is 1. The molecule has 0 unspecified atom stereocenters. The van der Waals surface area contributed by atoms with Crippen molar-refractivity contribution in [1.82, 2.24) is 0 Å². The van der Waals surface area contributed by atoms with E-state index in [-0.39, 0.29) is 0 Å². The molecule has 0 bridgehead atoms. The van der Waals surface area contributed by atoms with Crippen molar-refractivity contribution in [1.29, 1.82) is 0 Å². The van der Waals surface area contributed by atoms with E-state index in [4.69, 9.17) is 4.74 Å². The zero-order valence-electron chi connectivity index (χ0n) is 9.22. The predicted molar refractivity (Wildman–Crippen MR) is 59.0 cm³/mol. The van der Waals surface area contributed by atoms with Crippen molar-refractivity contribution in [3.63, 3.8) is 0 Å². The summed E-state index contributed by atoms with van der Waals surface area (Å²) in [7, 11) is 1.73. The van der Waals surface area contributed by atoms with Gasteiger partial charge in [0.1, 0.15) is 0 Å². The number of unbranched alkanes of at least 4 members (excludes halogenated alkanes) is 6. The first-order chi connectivity index (χ1) is 6.41. The molecule has 0 aliphatic carbocycles. The first kappa shape index (κ1) is 12.7. The molecule has 0 aliphatic heterocycles. The van der Waals surface area contributed by atoms with Gasteiger partial charge in [0, 0.05) is 7.11 Å². The van der Waals surface area contributed by atoms with Crippen LogP contribution in [0.2, 0.25) is 0 Å². The van der Waals surface area contributed by atoms with Crippen LogP contribution in [-0.4, -0.2) is 13.7 Å². The highest BCUT2D eigenvalue weighted by atomic mass is 16.5. The van der Waals surface area contributed by atoms with Crippen molar-refractivity contribution in [2.45, 2.75) is 51.9 Å². The maximum Gasteiger partial charge on any atom is 0.0643 e. The smallest absolute Gasteiger partial charge is 0.0643 e. The van der Waals surface area contributed by atoms with Gasteiger partial charge in [-0.25, -0.2) is 0 Å². The zero-order valence-corrected chi connectivity index (χ0v) is 9.22. The molecule has 13 heavy (non-hydrogen) atoms. The summed E-state index contributed by atoms with van der Waals surface area (Å²) in [6, 6.07) is 0. The fraction of sp³-hybridized carbons (Fsp3) is 0.833. The quantitative estimate of drug-likeness (QED) is 0.389. The third kappa shape index (κ3) is 11.7. The van der Waals surface area contributed by atoms with Crippen LogP contribution in [0.4, 0.5) is 0 Å². The highest BCUT2D eigenvalue weighted by Gasteiger charge is 1.87. The summed E-state index contributed by atoms with van der Waals surface area (Å²) in [5, 5.41) is 0. The second-order valence-electron chi connectivity index (χ2n) is 3.48.